The average Bonchev–Trinajstić information content (AvgIpc) is 2.39. The number of nitro groups is 2. The first kappa shape index (κ1) is 12.5. The van der Waals surface area contributed by atoms with Crippen LogP contribution in [0.1, 0.15) is 0 Å². The number of nitrogens with zero attached hydrogens (tertiary/aromatic N) is 2. The molecule has 0 radical (unpaired) electrons. The minimum absolute atomic E-state index is 0.0800. The minimum atomic E-state index is -0.523. The highest BCUT2D eigenvalue weighted by Crippen LogP contribution is 2.28. The molecule has 96 valence electrons. The third-order valence-corrected chi connectivity index (χ3v) is 2.44. The Hall–Kier alpha value is -2.96. The first-order valence-electron chi connectivity index (χ1n) is 5.33. The van der Waals surface area contributed by atoms with Gasteiger partial charge in [-0.25, -0.2) is 0 Å². The summed E-state index contributed by atoms with van der Waals surface area (Å²) < 4.78 is 0. The van der Waals surface area contributed by atoms with Crippen molar-refractivity contribution in [3.05, 3.63) is 68.8 Å². The topological polar surface area (TPSA) is 98.3 Å². The third-order valence-electron chi connectivity index (χ3n) is 2.44. The van der Waals surface area contributed by atoms with E-state index in [1.165, 1.54) is 30.3 Å². The maximum atomic E-state index is 10.8. The molecule has 0 amide bonds. The van der Waals surface area contributed by atoms with Crippen molar-refractivity contribution in [3.63, 3.8) is 0 Å². The number of para-hydroxylation sites is 2. The molecule has 0 aliphatic heterocycles. The lowest BCUT2D eigenvalue weighted by Gasteiger charge is -2.06. The van der Waals surface area contributed by atoms with Crippen LogP contribution in [0.5, 0.6) is 0 Å². The molecule has 7 nitrogen and oxygen atoms in total. The lowest BCUT2D eigenvalue weighted by atomic mass is 10.2. The molecule has 0 fully saturated rings. The van der Waals surface area contributed by atoms with Crippen molar-refractivity contribution < 1.29 is 9.85 Å². The zero-order valence-electron chi connectivity index (χ0n) is 9.65. The Morgan fingerprint density at radius 2 is 1.63 bits per heavy atom. The first-order valence-corrected chi connectivity index (χ1v) is 5.33. The Labute approximate surface area is 107 Å². The molecule has 0 saturated heterocycles. The summed E-state index contributed by atoms with van der Waals surface area (Å²) in [5.41, 5.74) is 0.536. The maximum Gasteiger partial charge on any atom is 0.292 e. The van der Waals surface area contributed by atoms with E-state index >= 15 is 0 Å². The molecule has 0 saturated carbocycles. The first-order chi connectivity index (χ1) is 9.08. The molecule has 0 aromatic heterocycles. The summed E-state index contributed by atoms with van der Waals surface area (Å²) in [7, 11) is 0. The van der Waals surface area contributed by atoms with Gasteiger partial charge in [-0.2, -0.15) is 0 Å². The molecule has 0 aliphatic rings. The normalized spacial score (nSPS) is 9.89. The maximum absolute atomic E-state index is 10.8. The molecule has 0 aliphatic carbocycles. The predicted octanol–water partition coefficient (Wildman–Crippen LogP) is 3.25. The SMILES string of the molecule is O=[N+]([O-])c1cccc(Nc2ccccc2[N+](=O)[O-])c1. The van der Waals surface area contributed by atoms with Crippen molar-refractivity contribution in [2.45, 2.75) is 0 Å². The van der Waals surface area contributed by atoms with Gasteiger partial charge >= 0.3 is 0 Å². The largest absolute Gasteiger partial charge is 0.350 e. The number of rotatable bonds is 4. The van der Waals surface area contributed by atoms with Crippen LogP contribution in [0.3, 0.4) is 0 Å². The molecular formula is C12H9N3O4. The number of nitrogens with one attached hydrogen (secondary N) is 1. The van der Waals surface area contributed by atoms with E-state index in [2.05, 4.69) is 5.32 Å². The zero-order chi connectivity index (χ0) is 13.8. The van der Waals surface area contributed by atoms with E-state index in [0.29, 0.717) is 5.69 Å². The van der Waals surface area contributed by atoms with Gasteiger partial charge in [0.05, 0.1) is 9.85 Å². The lowest BCUT2D eigenvalue weighted by Crippen LogP contribution is -1.97. The number of hydrogen-bond donors (Lipinski definition) is 1. The number of benzene rings is 2. The molecule has 2 aromatic rings. The van der Waals surface area contributed by atoms with Crippen LogP contribution in [0.25, 0.3) is 0 Å². The summed E-state index contributed by atoms with van der Waals surface area (Å²) >= 11 is 0. The highest BCUT2D eigenvalue weighted by atomic mass is 16.6. The van der Waals surface area contributed by atoms with Gasteiger partial charge in [0.2, 0.25) is 0 Å². The summed E-state index contributed by atoms with van der Waals surface area (Å²) in [5.74, 6) is 0. The van der Waals surface area contributed by atoms with Gasteiger partial charge in [-0.15, -0.1) is 0 Å². The van der Waals surface area contributed by atoms with E-state index in [9.17, 15) is 20.2 Å². The summed E-state index contributed by atoms with van der Waals surface area (Å²) in [6.07, 6.45) is 0. The van der Waals surface area contributed by atoms with Gasteiger partial charge in [-0.3, -0.25) is 20.2 Å². The van der Waals surface area contributed by atoms with Gasteiger partial charge < -0.3 is 5.32 Å². The summed E-state index contributed by atoms with van der Waals surface area (Å²) in [5, 5.41) is 24.3. The molecule has 7 heteroatoms. The molecule has 0 spiro atoms. The minimum Gasteiger partial charge on any atom is -0.350 e. The standard InChI is InChI=1S/C12H9N3O4/c16-14(17)10-5-3-4-9(8-10)13-11-6-1-2-7-12(11)15(18)19/h1-8,13H. The van der Waals surface area contributed by atoms with E-state index in [1.54, 1.807) is 18.2 Å². The number of nitro benzene ring substituents is 2. The molecule has 19 heavy (non-hydrogen) atoms. The lowest BCUT2D eigenvalue weighted by molar-refractivity contribution is -0.384. The van der Waals surface area contributed by atoms with Gasteiger partial charge in [-0.05, 0) is 12.1 Å². The van der Waals surface area contributed by atoms with Gasteiger partial charge in [0.15, 0.2) is 0 Å². The van der Waals surface area contributed by atoms with Crippen molar-refractivity contribution in [2.24, 2.45) is 0 Å². The summed E-state index contributed by atoms with van der Waals surface area (Å²) in [6.45, 7) is 0. The van der Waals surface area contributed by atoms with Gasteiger partial charge in [-0.1, -0.05) is 18.2 Å². The van der Waals surface area contributed by atoms with E-state index in [-0.39, 0.29) is 17.1 Å². The Kier molecular flexibility index (Phi) is 3.37. The number of hydrogen-bond acceptors (Lipinski definition) is 5. The van der Waals surface area contributed by atoms with Crippen LogP contribution >= 0.6 is 0 Å². The fourth-order valence-electron chi connectivity index (χ4n) is 1.59. The molecule has 0 heterocycles. The van der Waals surface area contributed by atoms with E-state index in [4.69, 9.17) is 0 Å². The van der Waals surface area contributed by atoms with Gasteiger partial charge in [0, 0.05) is 23.9 Å². The van der Waals surface area contributed by atoms with Crippen molar-refractivity contribution in [1.82, 2.24) is 0 Å². The predicted molar refractivity (Wildman–Crippen MR) is 69.5 cm³/mol. The Morgan fingerprint density at radius 1 is 0.895 bits per heavy atom. The van der Waals surface area contributed by atoms with Crippen molar-refractivity contribution in [3.8, 4) is 0 Å². The summed E-state index contributed by atoms with van der Waals surface area (Å²) in [6, 6.07) is 11.9. The fourth-order valence-corrected chi connectivity index (χ4v) is 1.59. The van der Waals surface area contributed by atoms with Crippen LogP contribution in [0.4, 0.5) is 22.7 Å². The van der Waals surface area contributed by atoms with Crippen molar-refractivity contribution >= 4 is 22.7 Å². The van der Waals surface area contributed by atoms with Crippen LogP contribution in [0.2, 0.25) is 0 Å². The van der Waals surface area contributed by atoms with Crippen LogP contribution in [0.15, 0.2) is 48.5 Å². The summed E-state index contributed by atoms with van der Waals surface area (Å²) in [4.78, 5) is 20.5. The van der Waals surface area contributed by atoms with E-state index in [1.807, 2.05) is 0 Å². The highest BCUT2D eigenvalue weighted by Gasteiger charge is 2.13. The second-order valence-corrected chi connectivity index (χ2v) is 3.71. The molecule has 2 rings (SSSR count). The molecule has 0 bridgehead atoms. The van der Waals surface area contributed by atoms with Gasteiger partial charge in [0.25, 0.3) is 11.4 Å². The molecule has 1 N–H and O–H groups in total. The smallest absolute Gasteiger partial charge is 0.292 e. The number of anilines is 2. The monoisotopic (exact) mass is 259 g/mol. The number of non-ortho nitro benzene ring substituents is 1. The quantitative estimate of drug-likeness (QED) is 0.671. The highest BCUT2D eigenvalue weighted by molar-refractivity contribution is 5.70. The van der Waals surface area contributed by atoms with Gasteiger partial charge in [0.1, 0.15) is 5.69 Å². The average molecular weight is 259 g/mol. The third kappa shape index (κ3) is 2.83. The van der Waals surface area contributed by atoms with Crippen LogP contribution in [-0.2, 0) is 0 Å². The van der Waals surface area contributed by atoms with Crippen LogP contribution in [-0.4, -0.2) is 9.85 Å². The van der Waals surface area contributed by atoms with E-state index < -0.39 is 9.85 Å². The van der Waals surface area contributed by atoms with Crippen molar-refractivity contribution in [2.75, 3.05) is 5.32 Å². The fraction of sp³-hybridized carbons (Fsp3) is 0. The Morgan fingerprint density at radius 3 is 2.32 bits per heavy atom. The van der Waals surface area contributed by atoms with Crippen molar-refractivity contribution in [1.29, 1.82) is 0 Å². The molecule has 0 unspecified atom stereocenters. The molecule has 2 aromatic carbocycles. The van der Waals surface area contributed by atoms with Crippen LogP contribution < -0.4 is 5.32 Å². The molecular weight excluding hydrogens is 250 g/mol. The Balaban J connectivity index is 2.34. The second kappa shape index (κ2) is 5.13. The molecule has 0 atom stereocenters. The Bertz CT molecular complexity index is 642. The zero-order valence-corrected chi connectivity index (χ0v) is 9.65. The second-order valence-electron chi connectivity index (χ2n) is 3.71. The van der Waals surface area contributed by atoms with Crippen LogP contribution in [0, 0.1) is 20.2 Å². The van der Waals surface area contributed by atoms with E-state index in [0.717, 1.165) is 0 Å².